The van der Waals surface area contributed by atoms with Gasteiger partial charge in [0.15, 0.2) is 0 Å². The normalized spacial score (nSPS) is 10.3. The van der Waals surface area contributed by atoms with Crippen molar-refractivity contribution < 1.29 is 14.3 Å². The summed E-state index contributed by atoms with van der Waals surface area (Å²) in [6, 6.07) is 9.21. The zero-order valence-corrected chi connectivity index (χ0v) is 11.8. The first-order valence-corrected chi connectivity index (χ1v) is 6.31. The van der Waals surface area contributed by atoms with Crippen LogP contribution in [0.15, 0.2) is 34.7 Å². The second kappa shape index (κ2) is 5.69. The Bertz CT molecular complexity index is 617. The van der Waals surface area contributed by atoms with Gasteiger partial charge in [-0.05, 0) is 36.8 Å². The minimum atomic E-state index is -1.05. The fraction of sp³-hybridized carbons (Fsp3) is 0.267. The molecular weight excluding hydrogens is 256 g/mol. The summed E-state index contributed by atoms with van der Waals surface area (Å²) in [5.41, 5.74) is 3.31. The zero-order chi connectivity index (χ0) is 14.7. The van der Waals surface area contributed by atoms with Gasteiger partial charge < -0.3 is 19.7 Å². The standard InChI is InChI=1S/C15H18N2O3/c1-10-4-5-11(8-13(10)17(2)3)16-9-12-6-7-14(20-12)15(18)19/h4-8,16H,9H2,1-3H3,(H,18,19). The molecule has 0 saturated heterocycles. The molecule has 0 unspecified atom stereocenters. The number of anilines is 2. The van der Waals surface area contributed by atoms with Crippen molar-refractivity contribution in [3.63, 3.8) is 0 Å². The fourth-order valence-corrected chi connectivity index (χ4v) is 1.98. The molecule has 0 radical (unpaired) electrons. The Morgan fingerprint density at radius 2 is 2.05 bits per heavy atom. The highest BCUT2D eigenvalue weighted by atomic mass is 16.4. The van der Waals surface area contributed by atoms with Crippen LogP contribution in [0.1, 0.15) is 21.9 Å². The monoisotopic (exact) mass is 274 g/mol. The van der Waals surface area contributed by atoms with Gasteiger partial charge in [0.05, 0.1) is 6.54 Å². The van der Waals surface area contributed by atoms with Crippen molar-refractivity contribution in [2.45, 2.75) is 13.5 Å². The van der Waals surface area contributed by atoms with E-state index < -0.39 is 5.97 Å². The number of carboxylic acid groups (broad SMARTS) is 1. The Hall–Kier alpha value is -2.43. The topological polar surface area (TPSA) is 65.7 Å². The van der Waals surface area contributed by atoms with Crippen LogP contribution in [0.4, 0.5) is 11.4 Å². The summed E-state index contributed by atoms with van der Waals surface area (Å²) < 4.78 is 5.20. The van der Waals surface area contributed by atoms with Gasteiger partial charge in [0.25, 0.3) is 0 Å². The van der Waals surface area contributed by atoms with Gasteiger partial charge >= 0.3 is 5.97 Å². The van der Waals surface area contributed by atoms with Gasteiger partial charge in [0.2, 0.25) is 5.76 Å². The van der Waals surface area contributed by atoms with Gasteiger partial charge in [-0.15, -0.1) is 0 Å². The molecule has 0 spiro atoms. The smallest absolute Gasteiger partial charge is 0.371 e. The van der Waals surface area contributed by atoms with Crippen LogP contribution in [0.5, 0.6) is 0 Å². The molecule has 2 aromatic rings. The van der Waals surface area contributed by atoms with E-state index in [4.69, 9.17) is 9.52 Å². The Morgan fingerprint density at radius 1 is 1.30 bits per heavy atom. The Labute approximate surface area is 117 Å². The average Bonchev–Trinajstić information content (AvgIpc) is 2.86. The second-order valence-electron chi connectivity index (χ2n) is 4.82. The van der Waals surface area contributed by atoms with E-state index >= 15 is 0 Å². The van der Waals surface area contributed by atoms with Crippen molar-refractivity contribution in [2.24, 2.45) is 0 Å². The van der Waals surface area contributed by atoms with E-state index in [2.05, 4.69) is 23.2 Å². The summed E-state index contributed by atoms with van der Waals surface area (Å²) >= 11 is 0. The van der Waals surface area contributed by atoms with Crippen molar-refractivity contribution >= 4 is 17.3 Å². The number of aromatic carboxylic acids is 1. The second-order valence-corrected chi connectivity index (χ2v) is 4.82. The first-order valence-electron chi connectivity index (χ1n) is 6.31. The molecule has 1 aromatic heterocycles. The van der Waals surface area contributed by atoms with E-state index in [1.807, 2.05) is 26.2 Å². The molecule has 2 rings (SSSR count). The molecule has 2 N–H and O–H groups in total. The molecule has 5 nitrogen and oxygen atoms in total. The summed E-state index contributed by atoms with van der Waals surface area (Å²) in [4.78, 5) is 12.8. The predicted molar refractivity (Wildman–Crippen MR) is 78.5 cm³/mol. The highest BCUT2D eigenvalue weighted by molar-refractivity contribution is 5.84. The van der Waals surface area contributed by atoms with Gasteiger partial charge in [-0.2, -0.15) is 0 Å². The Kier molecular flexibility index (Phi) is 3.98. The Morgan fingerprint density at radius 3 is 2.65 bits per heavy atom. The largest absolute Gasteiger partial charge is 0.475 e. The molecule has 0 aliphatic carbocycles. The van der Waals surface area contributed by atoms with Crippen LogP contribution < -0.4 is 10.2 Å². The highest BCUT2D eigenvalue weighted by Crippen LogP contribution is 2.23. The van der Waals surface area contributed by atoms with Crippen molar-refractivity contribution in [2.75, 3.05) is 24.3 Å². The molecule has 0 amide bonds. The quantitative estimate of drug-likeness (QED) is 0.877. The summed E-state index contributed by atoms with van der Waals surface area (Å²) in [5, 5.41) is 12.0. The number of aryl methyl sites for hydroxylation is 1. The number of benzene rings is 1. The molecule has 0 aliphatic rings. The third-order valence-corrected chi connectivity index (χ3v) is 3.03. The summed E-state index contributed by atoms with van der Waals surface area (Å²) in [6.45, 7) is 2.51. The third kappa shape index (κ3) is 3.12. The molecule has 0 atom stereocenters. The van der Waals surface area contributed by atoms with Crippen molar-refractivity contribution in [1.29, 1.82) is 0 Å². The minimum Gasteiger partial charge on any atom is -0.475 e. The third-order valence-electron chi connectivity index (χ3n) is 3.03. The molecule has 1 aromatic carbocycles. The summed E-state index contributed by atoms with van der Waals surface area (Å²) in [6.07, 6.45) is 0. The van der Waals surface area contributed by atoms with Crippen LogP contribution in [0.3, 0.4) is 0 Å². The van der Waals surface area contributed by atoms with Crippen LogP contribution >= 0.6 is 0 Å². The van der Waals surface area contributed by atoms with E-state index in [1.54, 1.807) is 6.07 Å². The van der Waals surface area contributed by atoms with E-state index in [1.165, 1.54) is 11.6 Å². The number of hydrogen-bond acceptors (Lipinski definition) is 4. The number of nitrogens with one attached hydrogen (secondary N) is 1. The van der Waals surface area contributed by atoms with E-state index in [0.29, 0.717) is 12.3 Å². The van der Waals surface area contributed by atoms with Gasteiger partial charge in [0, 0.05) is 25.5 Å². The maximum absolute atomic E-state index is 10.7. The lowest BCUT2D eigenvalue weighted by molar-refractivity contribution is 0.0660. The summed E-state index contributed by atoms with van der Waals surface area (Å²) in [5.74, 6) is -0.504. The van der Waals surface area contributed by atoms with Crippen molar-refractivity contribution in [3.8, 4) is 0 Å². The molecule has 0 saturated carbocycles. The lowest BCUT2D eigenvalue weighted by Gasteiger charge is -2.17. The van der Waals surface area contributed by atoms with Crippen molar-refractivity contribution in [1.82, 2.24) is 0 Å². The molecule has 20 heavy (non-hydrogen) atoms. The predicted octanol–water partition coefficient (Wildman–Crippen LogP) is 2.96. The van der Waals surface area contributed by atoms with Crippen LogP contribution in [-0.4, -0.2) is 25.2 Å². The first-order chi connectivity index (χ1) is 9.47. The molecule has 1 heterocycles. The van der Waals surface area contributed by atoms with Gasteiger partial charge in [-0.1, -0.05) is 6.07 Å². The summed E-state index contributed by atoms with van der Waals surface area (Å²) in [7, 11) is 4.00. The van der Waals surface area contributed by atoms with Gasteiger partial charge in [-0.25, -0.2) is 4.79 Å². The SMILES string of the molecule is Cc1ccc(NCc2ccc(C(=O)O)o2)cc1N(C)C. The van der Waals surface area contributed by atoms with Crippen LogP contribution in [-0.2, 0) is 6.54 Å². The van der Waals surface area contributed by atoms with E-state index in [-0.39, 0.29) is 5.76 Å². The number of carbonyl (C=O) groups is 1. The first kappa shape index (κ1) is 14.0. The molecule has 0 bridgehead atoms. The number of rotatable bonds is 5. The fourth-order valence-electron chi connectivity index (χ4n) is 1.98. The van der Waals surface area contributed by atoms with Crippen LogP contribution in [0, 0.1) is 6.92 Å². The maximum atomic E-state index is 10.7. The zero-order valence-electron chi connectivity index (χ0n) is 11.8. The Balaban J connectivity index is 2.06. The molecular formula is C15H18N2O3. The van der Waals surface area contributed by atoms with Crippen molar-refractivity contribution in [3.05, 3.63) is 47.4 Å². The lowest BCUT2D eigenvalue weighted by Crippen LogP contribution is -2.10. The van der Waals surface area contributed by atoms with Crippen LogP contribution in [0.2, 0.25) is 0 Å². The maximum Gasteiger partial charge on any atom is 0.371 e. The molecule has 0 aliphatic heterocycles. The molecule has 5 heteroatoms. The van der Waals surface area contributed by atoms with E-state index in [0.717, 1.165) is 11.4 Å². The molecule has 106 valence electrons. The number of nitrogens with zero attached hydrogens (tertiary/aromatic N) is 1. The van der Waals surface area contributed by atoms with Crippen LogP contribution in [0.25, 0.3) is 0 Å². The van der Waals surface area contributed by atoms with Gasteiger partial charge in [-0.3, -0.25) is 0 Å². The number of carboxylic acids is 1. The highest BCUT2D eigenvalue weighted by Gasteiger charge is 2.09. The number of furan rings is 1. The van der Waals surface area contributed by atoms with Gasteiger partial charge in [0.1, 0.15) is 5.76 Å². The molecule has 0 fully saturated rings. The lowest BCUT2D eigenvalue weighted by atomic mass is 10.1. The minimum absolute atomic E-state index is 0.0420. The average molecular weight is 274 g/mol. The number of hydrogen-bond donors (Lipinski definition) is 2. The van der Waals surface area contributed by atoms with E-state index in [9.17, 15) is 4.79 Å².